The monoisotopic (exact) mass is 427 g/mol. The van der Waals surface area contributed by atoms with Gasteiger partial charge in [0.05, 0.1) is 19.0 Å². The van der Waals surface area contributed by atoms with Gasteiger partial charge in [-0.05, 0) is 43.1 Å². The summed E-state index contributed by atoms with van der Waals surface area (Å²) in [5.74, 6) is -1.01. The van der Waals surface area contributed by atoms with E-state index >= 15 is 0 Å². The average Bonchev–Trinajstić information content (AvgIpc) is 3.27. The zero-order chi connectivity index (χ0) is 22.1. The van der Waals surface area contributed by atoms with E-state index in [2.05, 4.69) is 80.8 Å². The highest BCUT2D eigenvalue weighted by atomic mass is 28.4. The van der Waals surface area contributed by atoms with Crippen LogP contribution in [0, 0.1) is 6.92 Å². The number of aromatic nitrogens is 3. The van der Waals surface area contributed by atoms with Gasteiger partial charge in [-0.25, -0.2) is 9.78 Å². The lowest BCUT2D eigenvalue weighted by Gasteiger charge is -2.37. The first-order chi connectivity index (χ1) is 14.0. The molecule has 0 fully saturated rings. The number of aryl methyl sites for hydroxylation is 2. The Labute approximate surface area is 179 Å². The molecule has 3 rings (SSSR count). The van der Waals surface area contributed by atoms with E-state index in [4.69, 9.17) is 4.43 Å². The van der Waals surface area contributed by atoms with Crippen LogP contribution in [0.25, 0.3) is 10.9 Å². The van der Waals surface area contributed by atoms with Crippen LogP contribution in [-0.2, 0) is 11.0 Å². The highest BCUT2D eigenvalue weighted by Crippen LogP contribution is 2.37. The lowest BCUT2D eigenvalue weighted by atomic mass is 10.2. The van der Waals surface area contributed by atoms with Crippen LogP contribution in [0.2, 0.25) is 18.1 Å². The maximum atomic E-state index is 11.3. The topological polar surface area (TPSA) is 69.3 Å². The second kappa shape index (κ2) is 8.39. The van der Waals surface area contributed by atoms with E-state index in [-0.39, 0.29) is 16.8 Å². The molecule has 1 atom stereocenters. The van der Waals surface area contributed by atoms with Gasteiger partial charge in [0.25, 0.3) is 0 Å². The van der Waals surface area contributed by atoms with Crippen molar-refractivity contribution in [3.63, 3.8) is 0 Å². The van der Waals surface area contributed by atoms with Crippen molar-refractivity contribution in [3.8, 4) is 0 Å². The molecule has 6 nitrogen and oxygen atoms in total. The van der Waals surface area contributed by atoms with E-state index in [1.807, 2.05) is 4.57 Å². The van der Waals surface area contributed by atoms with Crippen LogP contribution in [0.3, 0.4) is 0 Å². The van der Waals surface area contributed by atoms with Gasteiger partial charge >= 0.3 is 5.97 Å². The number of imidazole rings is 1. The summed E-state index contributed by atoms with van der Waals surface area (Å²) in [5.41, 5.74) is 2.54. The zero-order valence-electron chi connectivity index (χ0n) is 18.8. The fourth-order valence-electron chi connectivity index (χ4n) is 3.39. The van der Waals surface area contributed by atoms with Gasteiger partial charge in [-0.1, -0.05) is 39.0 Å². The molecular formula is C23H33N3O3Si. The number of hydrogen-bond donors (Lipinski definition) is 1. The summed E-state index contributed by atoms with van der Waals surface area (Å²) in [7, 11) is -1.92. The van der Waals surface area contributed by atoms with Gasteiger partial charge in [-0.15, -0.1) is 0 Å². The Hall–Kier alpha value is -2.38. The summed E-state index contributed by atoms with van der Waals surface area (Å²) in [4.78, 5) is 15.4. The van der Waals surface area contributed by atoms with Crippen LogP contribution in [-0.4, -0.2) is 40.1 Å². The number of carboxylic acid groups (broad SMARTS) is 1. The quantitative estimate of drug-likeness (QED) is 0.482. The number of nitrogens with zero attached hydrogens (tertiary/aromatic N) is 3. The Morgan fingerprint density at radius 1 is 1.23 bits per heavy atom. The average molecular weight is 428 g/mol. The first kappa shape index (κ1) is 22.3. The van der Waals surface area contributed by atoms with Crippen molar-refractivity contribution in [1.29, 1.82) is 0 Å². The Morgan fingerprint density at radius 2 is 1.93 bits per heavy atom. The number of aromatic carboxylic acids is 1. The minimum absolute atomic E-state index is 0.0150. The van der Waals surface area contributed by atoms with E-state index in [1.165, 1.54) is 16.5 Å². The van der Waals surface area contributed by atoms with Crippen molar-refractivity contribution in [2.45, 2.75) is 64.8 Å². The predicted molar refractivity (Wildman–Crippen MR) is 123 cm³/mol. The van der Waals surface area contributed by atoms with E-state index in [0.29, 0.717) is 6.61 Å². The summed E-state index contributed by atoms with van der Waals surface area (Å²) >= 11 is 0. The van der Waals surface area contributed by atoms with E-state index in [0.717, 1.165) is 13.0 Å². The second-order valence-electron chi connectivity index (χ2n) is 9.55. The second-order valence-corrected chi connectivity index (χ2v) is 14.4. The molecule has 3 aromatic rings. The van der Waals surface area contributed by atoms with Crippen LogP contribution in [0.1, 0.15) is 49.3 Å². The number of fused-ring (bicyclic) bond motifs is 1. The van der Waals surface area contributed by atoms with Crippen molar-refractivity contribution in [2.24, 2.45) is 0 Å². The molecule has 0 radical (unpaired) electrons. The van der Waals surface area contributed by atoms with Gasteiger partial charge < -0.3 is 18.7 Å². The van der Waals surface area contributed by atoms with Gasteiger partial charge in [-0.3, -0.25) is 0 Å². The first-order valence-electron chi connectivity index (χ1n) is 10.4. The normalized spacial score (nSPS) is 13.7. The third-order valence-corrected chi connectivity index (χ3v) is 10.9. The molecule has 2 heterocycles. The van der Waals surface area contributed by atoms with Crippen LogP contribution in [0.15, 0.2) is 43.0 Å². The third kappa shape index (κ3) is 4.68. The van der Waals surface area contributed by atoms with E-state index in [1.54, 1.807) is 12.5 Å². The molecule has 2 aromatic heterocycles. The first-order valence-corrected chi connectivity index (χ1v) is 13.4. The summed E-state index contributed by atoms with van der Waals surface area (Å²) in [5, 5.41) is 10.7. The number of benzene rings is 1. The van der Waals surface area contributed by atoms with Crippen molar-refractivity contribution in [1.82, 2.24) is 14.1 Å². The maximum absolute atomic E-state index is 11.3. The van der Waals surface area contributed by atoms with Crippen molar-refractivity contribution in [3.05, 3.63) is 54.2 Å². The number of carboxylic acids is 1. The number of carbonyl (C=O) groups is 1. The summed E-state index contributed by atoms with van der Waals surface area (Å²) in [6.07, 6.45) is 6.23. The standard InChI is InChI=1S/C23H33N3O3Si/c1-17-13-25(21-10-8-7-9-19(17)21)12-11-18(15-29-30(5,6)23(2,3)4)26-14-20(22(27)28)24-16-26/h7-10,13-14,16,18H,11-12,15H2,1-6H3,(H,27,28)/t18-/m1/s1. The van der Waals surface area contributed by atoms with Gasteiger partial charge in [-0.2, -0.15) is 0 Å². The Kier molecular flexibility index (Phi) is 6.24. The van der Waals surface area contributed by atoms with Crippen LogP contribution in [0.5, 0.6) is 0 Å². The molecule has 0 bridgehead atoms. The lowest BCUT2D eigenvalue weighted by molar-refractivity contribution is 0.0690. The van der Waals surface area contributed by atoms with Gasteiger partial charge in [0.2, 0.25) is 0 Å². The maximum Gasteiger partial charge on any atom is 0.356 e. The van der Waals surface area contributed by atoms with Gasteiger partial charge in [0, 0.05) is 29.8 Å². The molecule has 0 aliphatic carbocycles. The number of para-hydroxylation sites is 1. The molecule has 0 aliphatic heterocycles. The number of rotatable bonds is 8. The van der Waals surface area contributed by atoms with Crippen molar-refractivity contribution >= 4 is 25.2 Å². The number of hydrogen-bond acceptors (Lipinski definition) is 3. The molecule has 0 saturated heterocycles. The highest BCUT2D eigenvalue weighted by molar-refractivity contribution is 6.74. The molecule has 1 N–H and O–H groups in total. The molecule has 0 unspecified atom stereocenters. The van der Waals surface area contributed by atoms with E-state index in [9.17, 15) is 9.90 Å². The Morgan fingerprint density at radius 3 is 2.57 bits per heavy atom. The molecule has 0 amide bonds. The smallest absolute Gasteiger partial charge is 0.356 e. The largest absolute Gasteiger partial charge is 0.476 e. The fraction of sp³-hybridized carbons (Fsp3) is 0.478. The van der Waals surface area contributed by atoms with Gasteiger partial charge in [0.15, 0.2) is 14.0 Å². The highest BCUT2D eigenvalue weighted by Gasteiger charge is 2.37. The Balaban J connectivity index is 1.82. The molecule has 0 aliphatic rings. The predicted octanol–water partition coefficient (Wildman–Crippen LogP) is 5.50. The minimum Gasteiger partial charge on any atom is -0.476 e. The van der Waals surface area contributed by atoms with Gasteiger partial charge in [0.1, 0.15) is 0 Å². The molecule has 0 saturated carbocycles. The molecule has 7 heteroatoms. The van der Waals surface area contributed by atoms with Crippen molar-refractivity contribution < 1.29 is 14.3 Å². The fourth-order valence-corrected chi connectivity index (χ4v) is 4.43. The SMILES string of the molecule is Cc1cn(CC[C@H](CO[Si](C)(C)C(C)(C)C)n2cnc(C(=O)O)c2)c2ccccc12. The molecular weight excluding hydrogens is 394 g/mol. The van der Waals surface area contributed by atoms with E-state index < -0.39 is 14.3 Å². The molecule has 162 valence electrons. The lowest BCUT2D eigenvalue weighted by Crippen LogP contribution is -2.42. The minimum atomic E-state index is -1.92. The van der Waals surface area contributed by atoms with Crippen LogP contribution < -0.4 is 0 Å². The van der Waals surface area contributed by atoms with Crippen LogP contribution >= 0.6 is 0 Å². The molecule has 30 heavy (non-hydrogen) atoms. The summed E-state index contributed by atoms with van der Waals surface area (Å²) < 4.78 is 10.7. The third-order valence-electron chi connectivity index (χ3n) is 6.38. The molecule has 1 aromatic carbocycles. The molecule has 0 spiro atoms. The summed E-state index contributed by atoms with van der Waals surface area (Å²) in [6.45, 7) is 14.7. The zero-order valence-corrected chi connectivity index (χ0v) is 19.8. The van der Waals surface area contributed by atoms with Crippen LogP contribution in [0.4, 0.5) is 0 Å². The Bertz CT molecular complexity index is 1030. The van der Waals surface area contributed by atoms with Crippen molar-refractivity contribution in [2.75, 3.05) is 6.61 Å². The summed E-state index contributed by atoms with van der Waals surface area (Å²) in [6, 6.07) is 8.43.